The molecule has 0 radical (unpaired) electrons. The van der Waals surface area contributed by atoms with E-state index in [1.807, 2.05) is 7.05 Å². The van der Waals surface area contributed by atoms with E-state index in [9.17, 15) is 0 Å². The summed E-state index contributed by atoms with van der Waals surface area (Å²) in [6, 6.07) is 0.439. The molecule has 0 aromatic heterocycles. The van der Waals surface area contributed by atoms with E-state index in [0.29, 0.717) is 12.0 Å². The molecule has 12 heavy (non-hydrogen) atoms. The second kappa shape index (κ2) is 3.90. The minimum Gasteiger partial charge on any atom is -0.361 e. The zero-order valence-corrected chi connectivity index (χ0v) is 8.46. The number of nitrogens with zero attached hydrogens (tertiary/aromatic N) is 2. The van der Waals surface area contributed by atoms with Gasteiger partial charge < -0.3 is 10.2 Å². The summed E-state index contributed by atoms with van der Waals surface area (Å²) in [5, 5.41) is 3.48. The fourth-order valence-electron chi connectivity index (χ4n) is 1.67. The summed E-state index contributed by atoms with van der Waals surface area (Å²) >= 11 is 0. The van der Waals surface area contributed by atoms with Crippen molar-refractivity contribution < 1.29 is 0 Å². The first-order valence-electron chi connectivity index (χ1n) is 4.58. The fraction of sp³-hybridized carbons (Fsp3) is 0.889. The maximum atomic E-state index is 4.31. The van der Waals surface area contributed by atoms with Crippen LogP contribution in [0.15, 0.2) is 4.99 Å². The predicted octanol–water partition coefficient (Wildman–Crippen LogP) is 0.574. The van der Waals surface area contributed by atoms with Gasteiger partial charge in [-0.2, -0.15) is 0 Å². The molecule has 0 amide bonds. The lowest BCUT2D eigenvalue weighted by molar-refractivity contribution is 0.357. The molecule has 1 saturated heterocycles. The molecule has 1 unspecified atom stereocenters. The van der Waals surface area contributed by atoms with E-state index in [4.69, 9.17) is 0 Å². The summed E-state index contributed by atoms with van der Waals surface area (Å²) in [4.78, 5) is 6.55. The lowest BCUT2D eigenvalue weighted by Gasteiger charge is -2.35. The Hall–Kier alpha value is -0.570. The molecule has 0 aromatic carbocycles. The number of piperazine rings is 1. The average molecular weight is 169 g/mol. The largest absolute Gasteiger partial charge is 0.361 e. The van der Waals surface area contributed by atoms with Crippen molar-refractivity contribution in [2.45, 2.75) is 19.9 Å². The topological polar surface area (TPSA) is 27.6 Å². The van der Waals surface area contributed by atoms with Crippen LogP contribution < -0.4 is 5.32 Å². The minimum atomic E-state index is 0.439. The first kappa shape index (κ1) is 9.52. The first-order chi connectivity index (χ1) is 5.66. The van der Waals surface area contributed by atoms with Crippen molar-refractivity contribution in [2.75, 3.05) is 27.2 Å². The minimum absolute atomic E-state index is 0.439. The van der Waals surface area contributed by atoms with E-state index in [-0.39, 0.29) is 0 Å². The van der Waals surface area contributed by atoms with Crippen LogP contribution in [0.4, 0.5) is 0 Å². The Bertz CT molecular complexity index is 175. The molecule has 3 heteroatoms. The highest BCUT2D eigenvalue weighted by atomic mass is 15.2. The second-order valence-electron chi connectivity index (χ2n) is 3.68. The van der Waals surface area contributed by atoms with Gasteiger partial charge in [-0.05, 0) is 5.92 Å². The fourth-order valence-corrected chi connectivity index (χ4v) is 1.67. The van der Waals surface area contributed by atoms with Crippen LogP contribution in [-0.2, 0) is 0 Å². The maximum Gasteiger partial charge on any atom is 0.116 e. The SMILES string of the molecule is CN=C1C(C(C)C)NCCN1C. The number of likely N-dealkylation sites (N-methyl/N-ethyl adjacent to an activating group) is 1. The Morgan fingerprint density at radius 2 is 2.25 bits per heavy atom. The smallest absolute Gasteiger partial charge is 0.116 e. The molecular formula is C9H19N3. The molecule has 1 atom stereocenters. The monoisotopic (exact) mass is 169 g/mol. The molecule has 0 saturated carbocycles. The summed E-state index contributed by atoms with van der Waals surface area (Å²) in [6.07, 6.45) is 0. The van der Waals surface area contributed by atoms with Crippen LogP contribution in [0.5, 0.6) is 0 Å². The maximum absolute atomic E-state index is 4.31. The second-order valence-corrected chi connectivity index (χ2v) is 3.68. The summed E-state index contributed by atoms with van der Waals surface area (Å²) in [7, 11) is 3.98. The Labute approximate surface area is 74.9 Å². The number of aliphatic imine (C=N–C) groups is 1. The Morgan fingerprint density at radius 3 is 2.67 bits per heavy atom. The van der Waals surface area contributed by atoms with Crippen LogP contribution in [0.3, 0.4) is 0 Å². The number of nitrogens with one attached hydrogen (secondary N) is 1. The van der Waals surface area contributed by atoms with Crippen LogP contribution in [0.2, 0.25) is 0 Å². The summed E-state index contributed by atoms with van der Waals surface area (Å²) in [6.45, 7) is 6.58. The Balaban J connectivity index is 2.72. The van der Waals surface area contributed by atoms with Gasteiger partial charge in [0, 0.05) is 27.2 Å². The molecule has 1 fully saturated rings. The van der Waals surface area contributed by atoms with E-state index < -0.39 is 0 Å². The van der Waals surface area contributed by atoms with Crippen LogP contribution in [0, 0.1) is 5.92 Å². The zero-order chi connectivity index (χ0) is 9.14. The van der Waals surface area contributed by atoms with Crippen LogP contribution in [0.1, 0.15) is 13.8 Å². The molecule has 0 aromatic rings. The molecule has 1 heterocycles. The predicted molar refractivity (Wildman–Crippen MR) is 52.6 cm³/mol. The van der Waals surface area contributed by atoms with Gasteiger partial charge in [0.15, 0.2) is 0 Å². The lowest BCUT2D eigenvalue weighted by Crippen LogP contribution is -2.55. The van der Waals surface area contributed by atoms with Crippen molar-refractivity contribution in [1.29, 1.82) is 0 Å². The van der Waals surface area contributed by atoms with Crippen molar-refractivity contribution >= 4 is 5.84 Å². The summed E-state index contributed by atoms with van der Waals surface area (Å²) in [5.74, 6) is 1.81. The Morgan fingerprint density at radius 1 is 1.58 bits per heavy atom. The van der Waals surface area contributed by atoms with Crippen LogP contribution in [0.25, 0.3) is 0 Å². The van der Waals surface area contributed by atoms with E-state index in [2.05, 4.69) is 36.1 Å². The van der Waals surface area contributed by atoms with Crippen molar-refractivity contribution in [3.05, 3.63) is 0 Å². The molecule has 70 valence electrons. The highest BCUT2D eigenvalue weighted by Crippen LogP contribution is 2.09. The quantitative estimate of drug-likeness (QED) is 0.621. The van der Waals surface area contributed by atoms with Gasteiger partial charge in [-0.15, -0.1) is 0 Å². The van der Waals surface area contributed by atoms with Crippen LogP contribution in [-0.4, -0.2) is 44.0 Å². The average Bonchev–Trinajstić information content (AvgIpc) is 2.03. The van der Waals surface area contributed by atoms with Gasteiger partial charge in [-0.3, -0.25) is 4.99 Å². The number of hydrogen-bond donors (Lipinski definition) is 1. The highest BCUT2D eigenvalue weighted by Gasteiger charge is 2.25. The molecule has 0 aliphatic carbocycles. The van der Waals surface area contributed by atoms with E-state index >= 15 is 0 Å². The third kappa shape index (κ3) is 1.78. The molecule has 1 aliphatic heterocycles. The molecule has 1 rings (SSSR count). The van der Waals surface area contributed by atoms with Gasteiger partial charge in [0.05, 0.1) is 6.04 Å². The van der Waals surface area contributed by atoms with Crippen LogP contribution >= 0.6 is 0 Å². The highest BCUT2D eigenvalue weighted by molar-refractivity contribution is 5.88. The normalized spacial score (nSPS) is 28.6. The van der Waals surface area contributed by atoms with Crippen molar-refractivity contribution in [3.8, 4) is 0 Å². The molecule has 1 N–H and O–H groups in total. The lowest BCUT2D eigenvalue weighted by atomic mass is 10.0. The Kier molecular flexibility index (Phi) is 3.09. The third-order valence-corrected chi connectivity index (χ3v) is 2.38. The van der Waals surface area contributed by atoms with Gasteiger partial charge in [0.25, 0.3) is 0 Å². The van der Waals surface area contributed by atoms with E-state index in [0.717, 1.165) is 13.1 Å². The first-order valence-corrected chi connectivity index (χ1v) is 4.58. The van der Waals surface area contributed by atoms with Gasteiger partial charge in [-0.1, -0.05) is 13.8 Å². The van der Waals surface area contributed by atoms with Gasteiger partial charge >= 0.3 is 0 Å². The van der Waals surface area contributed by atoms with E-state index in [1.165, 1.54) is 5.84 Å². The zero-order valence-electron chi connectivity index (χ0n) is 8.46. The third-order valence-electron chi connectivity index (χ3n) is 2.38. The standard InChI is InChI=1S/C9H19N3/c1-7(2)8-9(10-3)12(4)6-5-11-8/h7-8,11H,5-6H2,1-4H3. The molecule has 0 spiro atoms. The van der Waals surface area contributed by atoms with E-state index in [1.54, 1.807) is 0 Å². The summed E-state index contributed by atoms with van der Waals surface area (Å²) < 4.78 is 0. The molecule has 1 aliphatic rings. The summed E-state index contributed by atoms with van der Waals surface area (Å²) in [5.41, 5.74) is 0. The molecular weight excluding hydrogens is 150 g/mol. The number of amidine groups is 1. The van der Waals surface area contributed by atoms with Crippen molar-refractivity contribution in [1.82, 2.24) is 10.2 Å². The van der Waals surface area contributed by atoms with Crippen molar-refractivity contribution in [2.24, 2.45) is 10.9 Å². The van der Waals surface area contributed by atoms with Gasteiger partial charge in [-0.25, -0.2) is 0 Å². The van der Waals surface area contributed by atoms with Crippen molar-refractivity contribution in [3.63, 3.8) is 0 Å². The van der Waals surface area contributed by atoms with Gasteiger partial charge in [0.2, 0.25) is 0 Å². The number of hydrogen-bond acceptors (Lipinski definition) is 2. The molecule has 0 bridgehead atoms. The van der Waals surface area contributed by atoms with Gasteiger partial charge in [0.1, 0.15) is 5.84 Å². The number of rotatable bonds is 1. The molecule has 3 nitrogen and oxygen atoms in total.